The van der Waals surface area contributed by atoms with E-state index in [1.807, 2.05) is 19.3 Å². The molecule has 0 bridgehead atoms. The second-order valence-corrected chi connectivity index (χ2v) is 9.50. The maximum Gasteiger partial charge on any atom is 0.271 e. The van der Waals surface area contributed by atoms with Crippen molar-refractivity contribution in [3.05, 3.63) is 105 Å². The van der Waals surface area contributed by atoms with E-state index in [1.165, 1.54) is 36.4 Å². The number of carbonyl (C=O) groups excluding carboxylic acids is 3. The first-order chi connectivity index (χ1) is 21.2. The van der Waals surface area contributed by atoms with Gasteiger partial charge >= 0.3 is 0 Å². The van der Waals surface area contributed by atoms with Gasteiger partial charge in [-0.15, -0.1) is 0 Å². The maximum absolute atomic E-state index is 11.5. The summed E-state index contributed by atoms with van der Waals surface area (Å²) >= 11 is 0. The number of carbonyl (C=O) groups is 3. The van der Waals surface area contributed by atoms with Gasteiger partial charge in [-0.1, -0.05) is 0 Å². The second-order valence-electron chi connectivity index (χ2n) is 9.50. The lowest BCUT2D eigenvalue weighted by Gasteiger charge is -2.09. The number of hydrazone groups is 1. The molecule has 262 valence electrons. The summed E-state index contributed by atoms with van der Waals surface area (Å²) in [5.74, 6) is 3.98. The van der Waals surface area contributed by atoms with Crippen LogP contribution in [0.1, 0.15) is 58.8 Å². The van der Waals surface area contributed by atoms with Gasteiger partial charge in [0, 0.05) is 64.8 Å². The number of hydrogen-bond acceptors (Lipinski definition) is 9. The van der Waals surface area contributed by atoms with Crippen LogP contribution in [0.5, 0.6) is 0 Å². The minimum atomic E-state index is -0.395. The molecule has 0 heterocycles. The molecule has 0 radical (unpaired) electrons. The largest absolute Gasteiger partial charge is 0.619 e. The molecule has 48 heavy (non-hydrogen) atoms. The highest BCUT2D eigenvalue weighted by molar-refractivity contribution is 5.95. The van der Waals surface area contributed by atoms with Crippen LogP contribution in [-0.2, 0) is 0 Å². The van der Waals surface area contributed by atoms with E-state index in [0.29, 0.717) is 48.0 Å². The quantitative estimate of drug-likeness (QED) is 0.0530. The molecule has 0 aliphatic rings. The second kappa shape index (κ2) is 23.3. The monoisotopic (exact) mass is 673 g/mol. The molecule has 0 fully saturated rings. The first kappa shape index (κ1) is 46.4. The van der Waals surface area contributed by atoms with Crippen LogP contribution in [0.25, 0.3) is 0 Å². The highest BCUT2D eigenvalue weighted by Crippen LogP contribution is 2.13. The average Bonchev–Trinajstić information content (AvgIpc) is 3.02. The van der Waals surface area contributed by atoms with Crippen molar-refractivity contribution in [1.29, 1.82) is 0 Å². The summed E-state index contributed by atoms with van der Waals surface area (Å²) in [7, 11) is 0. The van der Waals surface area contributed by atoms with Crippen molar-refractivity contribution in [2.45, 2.75) is 33.7 Å². The number of nitrogen functional groups attached to an aromatic ring is 1. The van der Waals surface area contributed by atoms with E-state index in [9.17, 15) is 30.0 Å². The van der Waals surface area contributed by atoms with Gasteiger partial charge in [-0.3, -0.25) is 25.2 Å². The molecule has 0 spiro atoms. The fourth-order valence-corrected chi connectivity index (χ4v) is 2.93. The van der Waals surface area contributed by atoms with E-state index in [-0.39, 0.29) is 34.3 Å². The van der Waals surface area contributed by atoms with Crippen LogP contribution in [0, 0.1) is 15.6 Å². The van der Waals surface area contributed by atoms with Crippen LogP contribution in [0.4, 0.5) is 17.1 Å². The number of amides is 3. The third kappa shape index (κ3) is 16.9. The molecule has 18 nitrogen and oxygen atoms in total. The Morgan fingerprint density at radius 2 is 0.958 bits per heavy atom. The lowest BCUT2D eigenvalue weighted by Crippen LogP contribution is -2.41. The van der Waals surface area contributed by atoms with Crippen LogP contribution in [-0.4, -0.2) is 80.3 Å². The third-order valence-electron chi connectivity index (χ3n) is 5.24. The molecule has 3 aromatic carbocycles. The van der Waals surface area contributed by atoms with Crippen LogP contribution in [0.3, 0.4) is 0 Å². The Kier molecular flexibility index (Phi) is 22.5. The third-order valence-corrected chi connectivity index (χ3v) is 5.24. The smallest absolute Gasteiger partial charge is 0.271 e. The van der Waals surface area contributed by atoms with Gasteiger partial charge in [0.25, 0.3) is 17.7 Å². The van der Waals surface area contributed by atoms with Gasteiger partial charge < -0.3 is 32.1 Å². The maximum atomic E-state index is 11.5. The summed E-state index contributed by atoms with van der Waals surface area (Å²) < 4.78 is 1.44. The van der Waals surface area contributed by atoms with Gasteiger partial charge in [-0.05, 0) is 64.1 Å². The Bertz CT molecular complexity index is 1520. The van der Waals surface area contributed by atoms with Gasteiger partial charge in [0.05, 0.1) is 0 Å². The molecular weight excluding hydrogens is 630 g/mol. The van der Waals surface area contributed by atoms with E-state index in [2.05, 4.69) is 41.5 Å². The molecule has 0 saturated carbocycles. The minimum absolute atomic E-state index is 0. The summed E-state index contributed by atoms with van der Waals surface area (Å²) in [6, 6.07) is 18.5. The van der Waals surface area contributed by atoms with E-state index in [0.717, 1.165) is 5.71 Å². The van der Waals surface area contributed by atoms with Gasteiger partial charge in [-0.2, -0.15) is 19.3 Å². The molecule has 0 atom stereocenters. The number of nitrogens with zero attached hydrogens (tertiary/aromatic N) is 4. The fraction of sp³-hybridized carbons (Fsp3) is 0.167. The highest BCUT2D eigenvalue weighted by Gasteiger charge is 2.08. The number of benzene rings is 3. The summed E-state index contributed by atoms with van der Waals surface area (Å²) in [4.78, 5) is 34.0. The highest BCUT2D eigenvalue weighted by atomic mass is 16.5. The topological polar surface area (TPSA) is 310 Å². The van der Waals surface area contributed by atoms with E-state index in [1.54, 1.807) is 50.2 Å². The summed E-state index contributed by atoms with van der Waals surface area (Å²) in [6.07, 6.45) is 0. The number of hydrazine groups is 2. The van der Waals surface area contributed by atoms with Gasteiger partial charge in [0.15, 0.2) is 0 Å². The van der Waals surface area contributed by atoms with E-state index in [4.69, 9.17) is 5.84 Å². The molecule has 3 amide bonds. The first-order valence-electron chi connectivity index (χ1n) is 13.2. The van der Waals surface area contributed by atoms with E-state index < -0.39 is 5.91 Å². The number of nitrogens with two attached hydrogens (primary N) is 1. The van der Waals surface area contributed by atoms with Gasteiger partial charge in [-0.25, -0.2) is 16.7 Å². The lowest BCUT2D eigenvalue weighted by atomic mass is 10.2. The first-order valence-corrected chi connectivity index (χ1v) is 13.2. The summed E-state index contributed by atoms with van der Waals surface area (Å²) in [6.45, 7) is 17.0. The van der Waals surface area contributed by atoms with Crippen molar-refractivity contribution in [1.82, 2.24) is 21.7 Å². The van der Waals surface area contributed by atoms with Crippen molar-refractivity contribution < 1.29 is 45.0 Å². The van der Waals surface area contributed by atoms with Crippen LogP contribution < -0.4 is 27.5 Å². The van der Waals surface area contributed by atoms with Crippen molar-refractivity contribution in [2.24, 2.45) is 10.9 Å². The molecule has 0 aliphatic heterocycles. The van der Waals surface area contributed by atoms with E-state index >= 15 is 0 Å². The zero-order valence-corrected chi connectivity index (χ0v) is 26.9. The Balaban J connectivity index is -0.000000617. The Morgan fingerprint density at radius 1 is 0.646 bits per heavy atom. The molecule has 0 saturated heterocycles. The van der Waals surface area contributed by atoms with Crippen LogP contribution >= 0.6 is 0 Å². The van der Waals surface area contributed by atoms with Crippen molar-refractivity contribution in [3.8, 4) is 0 Å². The molecular formula is C30H43N9O9. The summed E-state index contributed by atoms with van der Waals surface area (Å²) in [5.41, 5.74) is 13.0. The normalized spacial score (nSPS) is 9.04. The number of nitrogens with one attached hydrogen (secondary N) is 4. The lowest BCUT2D eigenvalue weighted by molar-refractivity contribution is -0.350. The van der Waals surface area contributed by atoms with Crippen LogP contribution in [0.15, 0.2) is 77.9 Å². The van der Waals surface area contributed by atoms with Crippen molar-refractivity contribution in [2.75, 3.05) is 0 Å². The van der Waals surface area contributed by atoms with Gasteiger partial charge in [0.2, 0.25) is 17.1 Å². The molecule has 0 aromatic heterocycles. The Morgan fingerprint density at radius 3 is 1.23 bits per heavy atom. The standard InChI is InChI=1S/C11H15N3O2.C11H13N3O2.C8H9N3O2.3H2O/c2*1-8(2)12-13-11(15)9-4-6-10(7-5-9)14(3)16;1-11(13)7-4-2-6(3-5-7)8(12)10-9;;;/h4-8,12H,3H2,1-2H3,(H,13,15);4-7H,3H2,1-2H3,(H,13,15);2-5H,1,9H2,(H,10,12);3*1H2. The number of hydrogen-bond donors (Lipinski definition) is 5. The minimum Gasteiger partial charge on any atom is -0.619 e. The van der Waals surface area contributed by atoms with Crippen molar-refractivity contribution >= 4 is 60.6 Å². The fourth-order valence-electron chi connectivity index (χ4n) is 2.93. The van der Waals surface area contributed by atoms with Gasteiger partial charge in [0.1, 0.15) is 20.2 Å². The zero-order chi connectivity index (χ0) is 34.1. The molecule has 12 N–H and O–H groups in total. The predicted molar refractivity (Wildman–Crippen MR) is 185 cm³/mol. The molecule has 3 rings (SSSR count). The molecule has 18 heteroatoms. The Labute approximate surface area is 277 Å². The molecule has 0 aliphatic carbocycles. The molecule has 3 aromatic rings. The predicted octanol–water partition coefficient (Wildman–Crippen LogP) is 0.485. The van der Waals surface area contributed by atoms with Crippen LogP contribution in [0.2, 0.25) is 0 Å². The number of rotatable bonds is 9. The average molecular weight is 674 g/mol. The zero-order valence-electron chi connectivity index (χ0n) is 26.9. The Hall–Kier alpha value is -6.05. The summed E-state index contributed by atoms with van der Waals surface area (Å²) in [5, 5.41) is 36.1. The van der Waals surface area contributed by atoms with Crippen molar-refractivity contribution in [3.63, 3.8) is 0 Å². The molecule has 0 unspecified atom stereocenters. The SMILES string of the molecule is C=[N+]([O-])c1ccc(C(=O)NN)cc1.C=[N+]([O-])c1ccc(C(=O)NN=C(C)C)cc1.C=[N+]([O-])c1ccc(C(=O)NNC(C)C)cc1.O.O.O.